The van der Waals surface area contributed by atoms with E-state index in [2.05, 4.69) is 32.3 Å². The monoisotopic (exact) mass is 282 g/mol. The van der Waals surface area contributed by atoms with Crippen LogP contribution in [0.1, 0.15) is 11.3 Å². The molecule has 0 atom stereocenters. The van der Waals surface area contributed by atoms with Crippen LogP contribution in [0.2, 0.25) is 5.15 Å². The molecular weight excluding hydrogens is 275 g/mol. The molecule has 2 nitrogen and oxygen atoms in total. The molecular formula is C8H9BrCl2N2. The van der Waals surface area contributed by atoms with Crippen molar-refractivity contribution in [2.45, 2.75) is 13.0 Å². The number of nitrogens with one attached hydrogen (secondary N) is 1. The second-order valence-corrected chi connectivity index (χ2v) is 4.01. The largest absolute Gasteiger partial charge is 0.311 e. The van der Waals surface area contributed by atoms with Crippen LogP contribution in [0, 0.1) is 0 Å². The van der Waals surface area contributed by atoms with Gasteiger partial charge in [0.25, 0.3) is 0 Å². The fourth-order valence-corrected chi connectivity index (χ4v) is 1.86. The first-order valence-corrected chi connectivity index (χ1v) is 4.99. The Labute approximate surface area is 96.6 Å². The lowest BCUT2D eigenvalue weighted by atomic mass is 10.1. The van der Waals surface area contributed by atoms with E-state index >= 15 is 0 Å². The van der Waals surface area contributed by atoms with E-state index in [1.807, 2.05) is 0 Å². The number of nitrogens with zero attached hydrogens (tertiary/aromatic N) is 1. The molecule has 1 aromatic rings. The number of hydrogen-bond donors (Lipinski definition) is 1. The zero-order valence-corrected chi connectivity index (χ0v) is 9.97. The number of fused-ring (bicyclic) bond motifs is 1. The van der Waals surface area contributed by atoms with Crippen molar-refractivity contribution in [1.29, 1.82) is 0 Å². The minimum absolute atomic E-state index is 0. The number of pyridine rings is 1. The predicted octanol–water partition coefficient (Wildman–Crippen LogP) is 2.57. The van der Waals surface area contributed by atoms with Gasteiger partial charge in [-0.1, -0.05) is 11.6 Å². The lowest BCUT2D eigenvalue weighted by Crippen LogP contribution is -2.24. The molecule has 1 aliphatic rings. The van der Waals surface area contributed by atoms with Crippen molar-refractivity contribution < 1.29 is 0 Å². The molecule has 1 aromatic heterocycles. The molecule has 2 rings (SSSR count). The van der Waals surface area contributed by atoms with Crippen molar-refractivity contribution in [3.05, 3.63) is 26.9 Å². The second-order valence-electron chi connectivity index (χ2n) is 2.79. The molecule has 2 heterocycles. The smallest absolute Gasteiger partial charge is 0.143 e. The van der Waals surface area contributed by atoms with Gasteiger partial charge in [0.2, 0.25) is 0 Å². The average molecular weight is 284 g/mol. The van der Waals surface area contributed by atoms with E-state index in [-0.39, 0.29) is 12.4 Å². The Morgan fingerprint density at radius 1 is 1.54 bits per heavy atom. The summed E-state index contributed by atoms with van der Waals surface area (Å²) in [5.41, 5.74) is 2.37. The van der Waals surface area contributed by atoms with Gasteiger partial charge in [0.05, 0.1) is 10.2 Å². The van der Waals surface area contributed by atoms with Crippen molar-refractivity contribution in [2.75, 3.05) is 6.54 Å². The predicted molar refractivity (Wildman–Crippen MR) is 59.6 cm³/mol. The molecule has 0 fully saturated rings. The first-order chi connectivity index (χ1) is 5.77. The molecule has 0 aromatic carbocycles. The van der Waals surface area contributed by atoms with E-state index in [4.69, 9.17) is 11.6 Å². The molecule has 1 N–H and O–H groups in total. The van der Waals surface area contributed by atoms with E-state index in [1.54, 1.807) is 0 Å². The highest BCUT2D eigenvalue weighted by Crippen LogP contribution is 2.24. The van der Waals surface area contributed by atoms with Crippen molar-refractivity contribution in [1.82, 2.24) is 10.3 Å². The zero-order chi connectivity index (χ0) is 8.55. The van der Waals surface area contributed by atoms with Gasteiger partial charge in [0.1, 0.15) is 5.15 Å². The summed E-state index contributed by atoms with van der Waals surface area (Å²) in [6, 6.07) is 2.06. The zero-order valence-electron chi connectivity index (χ0n) is 6.81. The van der Waals surface area contributed by atoms with Gasteiger partial charge in [-0.25, -0.2) is 4.98 Å². The molecule has 0 amide bonds. The SMILES string of the molecule is Cl.Clc1nc2c(cc1Br)CCNC2. The minimum Gasteiger partial charge on any atom is -0.311 e. The van der Waals surface area contributed by atoms with Crippen LogP contribution in [0.4, 0.5) is 0 Å². The van der Waals surface area contributed by atoms with Gasteiger partial charge < -0.3 is 5.32 Å². The Morgan fingerprint density at radius 2 is 2.31 bits per heavy atom. The first-order valence-electron chi connectivity index (χ1n) is 3.82. The van der Waals surface area contributed by atoms with Gasteiger partial charge >= 0.3 is 0 Å². The lowest BCUT2D eigenvalue weighted by Gasteiger charge is -2.16. The molecule has 0 radical (unpaired) electrons. The molecule has 0 saturated carbocycles. The molecule has 0 spiro atoms. The molecule has 0 unspecified atom stereocenters. The fraction of sp³-hybridized carbons (Fsp3) is 0.375. The molecule has 0 saturated heterocycles. The van der Waals surface area contributed by atoms with Crippen LogP contribution in [0.15, 0.2) is 10.5 Å². The second kappa shape index (κ2) is 4.60. The van der Waals surface area contributed by atoms with Gasteiger partial charge in [0.15, 0.2) is 0 Å². The van der Waals surface area contributed by atoms with Crippen molar-refractivity contribution in [3.8, 4) is 0 Å². The number of halogens is 3. The number of aromatic nitrogens is 1. The Kier molecular flexibility index (Phi) is 3.98. The summed E-state index contributed by atoms with van der Waals surface area (Å²) in [7, 11) is 0. The standard InChI is InChI=1S/C8H8BrClN2.ClH/c9-6-3-5-1-2-11-4-7(5)12-8(6)10;/h3,11H,1-2,4H2;1H. The lowest BCUT2D eigenvalue weighted by molar-refractivity contribution is 0.627. The topological polar surface area (TPSA) is 24.9 Å². The summed E-state index contributed by atoms with van der Waals surface area (Å²) < 4.78 is 0.893. The summed E-state index contributed by atoms with van der Waals surface area (Å²) >= 11 is 9.22. The average Bonchev–Trinajstić information content (AvgIpc) is 2.07. The number of rotatable bonds is 0. The summed E-state index contributed by atoms with van der Waals surface area (Å²) in [6.45, 7) is 1.87. The molecule has 1 aliphatic heterocycles. The van der Waals surface area contributed by atoms with E-state index in [1.165, 1.54) is 5.56 Å². The Morgan fingerprint density at radius 3 is 3.08 bits per heavy atom. The Bertz CT molecular complexity index is 286. The first kappa shape index (κ1) is 11.2. The van der Waals surface area contributed by atoms with Gasteiger partial charge in [-0.15, -0.1) is 12.4 Å². The van der Waals surface area contributed by atoms with E-state index in [0.29, 0.717) is 5.15 Å². The molecule has 13 heavy (non-hydrogen) atoms. The van der Waals surface area contributed by atoms with Crippen molar-refractivity contribution >= 4 is 39.9 Å². The maximum absolute atomic E-state index is 5.86. The molecule has 72 valence electrons. The molecule has 0 bridgehead atoms. The quantitative estimate of drug-likeness (QED) is 0.741. The number of hydrogen-bond acceptors (Lipinski definition) is 2. The maximum Gasteiger partial charge on any atom is 0.143 e. The van der Waals surface area contributed by atoms with Crippen LogP contribution >= 0.6 is 39.9 Å². The van der Waals surface area contributed by atoms with Crippen LogP contribution in [-0.4, -0.2) is 11.5 Å². The third-order valence-electron chi connectivity index (χ3n) is 1.97. The van der Waals surface area contributed by atoms with Gasteiger partial charge in [0, 0.05) is 6.54 Å². The highest BCUT2D eigenvalue weighted by atomic mass is 79.9. The third kappa shape index (κ3) is 2.34. The van der Waals surface area contributed by atoms with Crippen molar-refractivity contribution in [3.63, 3.8) is 0 Å². The van der Waals surface area contributed by atoms with Gasteiger partial charge in [-0.2, -0.15) is 0 Å². The third-order valence-corrected chi connectivity index (χ3v) is 3.09. The van der Waals surface area contributed by atoms with Gasteiger partial charge in [-0.05, 0) is 40.5 Å². The molecule has 0 aliphatic carbocycles. The fourth-order valence-electron chi connectivity index (χ4n) is 1.34. The summed E-state index contributed by atoms with van der Waals surface area (Å²) in [6.07, 6.45) is 1.04. The molecule has 5 heteroatoms. The maximum atomic E-state index is 5.86. The highest BCUT2D eigenvalue weighted by molar-refractivity contribution is 9.10. The van der Waals surface area contributed by atoms with E-state index in [9.17, 15) is 0 Å². The van der Waals surface area contributed by atoms with Crippen LogP contribution in [-0.2, 0) is 13.0 Å². The summed E-state index contributed by atoms with van der Waals surface area (Å²) in [4.78, 5) is 4.27. The van der Waals surface area contributed by atoms with Crippen LogP contribution in [0.5, 0.6) is 0 Å². The normalized spacial score (nSPS) is 14.6. The van der Waals surface area contributed by atoms with E-state index < -0.39 is 0 Å². The van der Waals surface area contributed by atoms with Crippen LogP contribution in [0.3, 0.4) is 0 Å². The minimum atomic E-state index is 0. The van der Waals surface area contributed by atoms with Crippen LogP contribution in [0.25, 0.3) is 0 Å². The van der Waals surface area contributed by atoms with Crippen LogP contribution < -0.4 is 5.32 Å². The van der Waals surface area contributed by atoms with Crippen molar-refractivity contribution in [2.24, 2.45) is 0 Å². The van der Waals surface area contributed by atoms with Gasteiger partial charge in [-0.3, -0.25) is 0 Å². The highest BCUT2D eigenvalue weighted by Gasteiger charge is 2.11. The summed E-state index contributed by atoms with van der Waals surface area (Å²) in [5, 5.41) is 3.80. The Balaban J connectivity index is 0.000000845. The summed E-state index contributed by atoms with van der Waals surface area (Å²) in [5.74, 6) is 0. The van der Waals surface area contributed by atoms with E-state index in [0.717, 1.165) is 29.7 Å². The Hall–Kier alpha value is 0.170.